The summed E-state index contributed by atoms with van der Waals surface area (Å²) in [7, 11) is -3.09. The number of halogens is 1. The van der Waals surface area contributed by atoms with Crippen molar-refractivity contribution in [3.05, 3.63) is 0 Å². The fourth-order valence-electron chi connectivity index (χ4n) is 2.28. The van der Waals surface area contributed by atoms with E-state index in [-0.39, 0.29) is 17.5 Å². The monoisotopic (exact) mass is 280 g/mol. The maximum absolute atomic E-state index is 11.9. The average Bonchev–Trinajstić information content (AvgIpc) is 2.53. The van der Waals surface area contributed by atoms with Gasteiger partial charge >= 0.3 is 6.03 Å². The van der Waals surface area contributed by atoms with E-state index in [0.717, 1.165) is 32.4 Å². The summed E-state index contributed by atoms with van der Waals surface area (Å²) in [4.78, 5) is 13.6. The molecule has 17 heavy (non-hydrogen) atoms. The lowest BCUT2D eigenvalue weighted by atomic mass is 10.1. The van der Waals surface area contributed by atoms with Crippen LogP contribution in [0, 0.1) is 0 Å². The second kappa shape index (κ2) is 5.02. The number of sulfone groups is 1. The molecule has 0 aromatic heterocycles. The van der Waals surface area contributed by atoms with Crippen LogP contribution in [0.2, 0.25) is 0 Å². The Morgan fingerprint density at radius 3 is 2.35 bits per heavy atom. The van der Waals surface area contributed by atoms with Gasteiger partial charge in [0.05, 0.1) is 22.9 Å². The van der Waals surface area contributed by atoms with Gasteiger partial charge in [0.1, 0.15) is 0 Å². The van der Waals surface area contributed by atoms with Gasteiger partial charge in [-0.25, -0.2) is 13.2 Å². The number of nitrogens with one attached hydrogen (secondary N) is 1. The van der Waals surface area contributed by atoms with Crippen LogP contribution in [-0.2, 0) is 9.84 Å². The third kappa shape index (κ3) is 3.25. The molecule has 0 aliphatic carbocycles. The second-order valence-corrected chi connectivity index (χ2v) is 7.41. The molecule has 0 bridgehead atoms. The molecule has 5 nitrogen and oxygen atoms in total. The van der Waals surface area contributed by atoms with Crippen molar-refractivity contribution in [1.29, 1.82) is 0 Å². The minimum Gasteiger partial charge on any atom is -0.333 e. The first-order chi connectivity index (χ1) is 7.98. The highest BCUT2D eigenvalue weighted by Gasteiger charge is 2.37. The fourth-order valence-corrected chi connectivity index (χ4v) is 4.83. The first-order valence-electron chi connectivity index (χ1n) is 5.88. The third-order valence-electron chi connectivity index (χ3n) is 3.24. The van der Waals surface area contributed by atoms with Crippen LogP contribution in [0.1, 0.15) is 19.3 Å². The molecule has 0 radical (unpaired) electrons. The number of hydrogen-bond acceptors (Lipinski definition) is 3. The van der Waals surface area contributed by atoms with Crippen LogP contribution in [0.25, 0.3) is 0 Å². The van der Waals surface area contributed by atoms with Crippen molar-refractivity contribution in [3.8, 4) is 0 Å². The van der Waals surface area contributed by atoms with Gasteiger partial charge in [-0.3, -0.25) is 0 Å². The van der Waals surface area contributed by atoms with E-state index >= 15 is 0 Å². The van der Waals surface area contributed by atoms with Gasteiger partial charge in [0.15, 0.2) is 9.84 Å². The number of carbonyl (C=O) groups excluding carboxylic acids is 1. The smallest absolute Gasteiger partial charge is 0.317 e. The van der Waals surface area contributed by atoms with Crippen LogP contribution < -0.4 is 5.32 Å². The number of likely N-dealkylation sites (tertiary alicyclic amines) is 1. The quantitative estimate of drug-likeness (QED) is 0.715. The molecule has 2 atom stereocenters. The van der Waals surface area contributed by atoms with E-state index in [1.165, 1.54) is 0 Å². The molecular formula is C10H17ClN2O3S. The highest BCUT2D eigenvalue weighted by molar-refractivity contribution is 7.91. The number of amides is 2. The zero-order chi connectivity index (χ0) is 12.5. The molecule has 2 rings (SSSR count). The minimum absolute atomic E-state index is 0.0409. The Morgan fingerprint density at radius 2 is 1.82 bits per heavy atom. The molecule has 2 aliphatic rings. The number of carbonyl (C=O) groups is 1. The Balaban J connectivity index is 1.90. The van der Waals surface area contributed by atoms with E-state index in [4.69, 9.17) is 11.6 Å². The summed E-state index contributed by atoms with van der Waals surface area (Å²) in [6, 6.07) is -0.631. The Labute approximate surface area is 106 Å². The van der Waals surface area contributed by atoms with Gasteiger partial charge in [0.25, 0.3) is 0 Å². The number of nitrogens with zero attached hydrogens (tertiary/aromatic N) is 1. The summed E-state index contributed by atoms with van der Waals surface area (Å²) in [6.07, 6.45) is 3.18. The highest BCUT2D eigenvalue weighted by atomic mass is 35.5. The van der Waals surface area contributed by atoms with Crippen molar-refractivity contribution < 1.29 is 13.2 Å². The summed E-state index contributed by atoms with van der Waals surface area (Å²) in [6.45, 7) is 1.50. The van der Waals surface area contributed by atoms with Gasteiger partial charge in [-0.05, 0) is 19.3 Å². The minimum atomic E-state index is -3.09. The molecular weight excluding hydrogens is 264 g/mol. The molecule has 98 valence electrons. The van der Waals surface area contributed by atoms with Crippen molar-refractivity contribution in [2.45, 2.75) is 30.7 Å². The van der Waals surface area contributed by atoms with Crippen molar-refractivity contribution in [2.24, 2.45) is 0 Å². The maximum Gasteiger partial charge on any atom is 0.317 e. The summed E-state index contributed by atoms with van der Waals surface area (Å²) < 4.78 is 22.7. The molecule has 0 aromatic rings. The molecule has 2 aliphatic heterocycles. The van der Waals surface area contributed by atoms with Crippen LogP contribution in [0.3, 0.4) is 0 Å². The summed E-state index contributed by atoms with van der Waals surface area (Å²) in [5, 5.41) is 2.22. The Morgan fingerprint density at radius 1 is 1.18 bits per heavy atom. The summed E-state index contributed by atoms with van der Waals surface area (Å²) in [5.74, 6) is -0.0831. The topological polar surface area (TPSA) is 66.5 Å². The highest BCUT2D eigenvalue weighted by Crippen LogP contribution is 2.18. The van der Waals surface area contributed by atoms with Crippen LogP contribution in [0.4, 0.5) is 4.79 Å². The van der Waals surface area contributed by atoms with E-state index in [0.29, 0.717) is 0 Å². The van der Waals surface area contributed by atoms with Gasteiger partial charge in [-0.15, -0.1) is 11.6 Å². The number of urea groups is 1. The van der Waals surface area contributed by atoms with E-state index < -0.39 is 21.3 Å². The Bertz CT molecular complexity index is 392. The van der Waals surface area contributed by atoms with Crippen LogP contribution in [0.15, 0.2) is 0 Å². The molecule has 2 fully saturated rings. The van der Waals surface area contributed by atoms with Crippen molar-refractivity contribution in [3.63, 3.8) is 0 Å². The average molecular weight is 281 g/mol. The number of alkyl halides is 1. The fraction of sp³-hybridized carbons (Fsp3) is 0.900. The molecule has 0 spiro atoms. The molecule has 0 aromatic carbocycles. The number of piperidine rings is 1. The zero-order valence-electron chi connectivity index (χ0n) is 9.56. The Kier molecular flexibility index (Phi) is 3.82. The lowest BCUT2D eigenvalue weighted by molar-refractivity contribution is 0.183. The van der Waals surface area contributed by atoms with Crippen molar-refractivity contribution in [1.82, 2.24) is 10.2 Å². The van der Waals surface area contributed by atoms with E-state index in [9.17, 15) is 13.2 Å². The second-order valence-electron chi connectivity index (χ2n) is 4.70. The zero-order valence-corrected chi connectivity index (χ0v) is 11.1. The number of rotatable bonds is 1. The maximum atomic E-state index is 11.9. The Hall–Kier alpha value is -0.490. The van der Waals surface area contributed by atoms with E-state index in [1.54, 1.807) is 4.90 Å². The van der Waals surface area contributed by atoms with Crippen molar-refractivity contribution in [2.75, 3.05) is 24.6 Å². The molecule has 0 saturated carbocycles. The van der Waals surface area contributed by atoms with Gasteiger partial charge in [-0.1, -0.05) is 0 Å². The SMILES string of the molecule is O=C(N[C@H]1CS(=O)(=O)C[C@@H]1Cl)N1CCCCC1. The lowest BCUT2D eigenvalue weighted by Crippen LogP contribution is -2.49. The predicted molar refractivity (Wildman–Crippen MR) is 66.0 cm³/mol. The van der Waals surface area contributed by atoms with E-state index in [2.05, 4.69) is 5.32 Å². The normalized spacial score (nSPS) is 32.4. The molecule has 0 unspecified atom stereocenters. The molecule has 1 N–H and O–H groups in total. The van der Waals surface area contributed by atoms with Gasteiger partial charge in [-0.2, -0.15) is 0 Å². The van der Waals surface area contributed by atoms with E-state index in [1.807, 2.05) is 0 Å². The van der Waals surface area contributed by atoms with Crippen LogP contribution in [0.5, 0.6) is 0 Å². The first kappa shape index (κ1) is 13.0. The number of hydrogen-bond donors (Lipinski definition) is 1. The first-order valence-corrected chi connectivity index (χ1v) is 8.14. The lowest BCUT2D eigenvalue weighted by Gasteiger charge is -2.28. The molecule has 2 saturated heterocycles. The molecule has 2 amide bonds. The van der Waals surface area contributed by atoms with Crippen molar-refractivity contribution >= 4 is 27.5 Å². The summed E-state index contributed by atoms with van der Waals surface area (Å²) >= 11 is 5.93. The molecule has 2 heterocycles. The largest absolute Gasteiger partial charge is 0.333 e. The van der Waals surface area contributed by atoms with Gasteiger partial charge in [0, 0.05) is 13.1 Å². The molecule has 7 heteroatoms. The van der Waals surface area contributed by atoms with Crippen LogP contribution in [-0.4, -0.2) is 55.4 Å². The summed E-state index contributed by atoms with van der Waals surface area (Å²) in [5.41, 5.74) is 0. The standard InChI is InChI=1S/C10H17ClN2O3S/c11-8-6-17(15,16)7-9(8)12-10(14)13-4-2-1-3-5-13/h8-9H,1-7H2,(H,12,14)/t8-,9-/m0/s1. The van der Waals surface area contributed by atoms with Gasteiger partial charge in [0.2, 0.25) is 0 Å². The van der Waals surface area contributed by atoms with Crippen LogP contribution >= 0.6 is 11.6 Å². The van der Waals surface area contributed by atoms with Gasteiger partial charge < -0.3 is 10.2 Å². The third-order valence-corrected chi connectivity index (χ3v) is 5.61. The predicted octanol–water partition coefficient (Wildman–Crippen LogP) is 0.586.